The molecule has 0 aliphatic rings. The Morgan fingerprint density at radius 3 is 2.45 bits per heavy atom. The average molecular weight is 420 g/mol. The second-order valence-corrected chi connectivity index (χ2v) is 7.11. The molecule has 0 fully saturated rings. The van der Waals surface area contributed by atoms with E-state index in [1.54, 1.807) is 0 Å². The van der Waals surface area contributed by atoms with Crippen LogP contribution in [0, 0.1) is 0 Å². The molecule has 0 heterocycles. The number of anilines is 1. The first-order chi connectivity index (χ1) is 13.8. The van der Waals surface area contributed by atoms with E-state index in [2.05, 4.69) is 5.32 Å². The van der Waals surface area contributed by atoms with Crippen molar-refractivity contribution >= 4 is 29.2 Å². The average Bonchev–Trinajstić information content (AvgIpc) is 2.69. The molecular weight excluding hydrogens is 394 g/mol. The van der Waals surface area contributed by atoms with Crippen molar-refractivity contribution in [3.05, 3.63) is 52.5 Å². The Labute approximate surface area is 176 Å². The Bertz CT molecular complexity index is 882. The molecule has 2 aromatic carbocycles. The molecule has 6 nitrogen and oxygen atoms in total. The molecule has 0 spiro atoms. The van der Waals surface area contributed by atoms with Gasteiger partial charge in [0, 0.05) is 5.69 Å². The highest BCUT2D eigenvalue weighted by atomic mass is 35.5. The predicted octanol–water partition coefficient (Wildman–Crippen LogP) is 5.05. The molecule has 0 aliphatic carbocycles. The highest BCUT2D eigenvalue weighted by Crippen LogP contribution is 2.36. The summed E-state index contributed by atoms with van der Waals surface area (Å²) in [4.78, 5) is 25.0. The van der Waals surface area contributed by atoms with Crippen LogP contribution in [0.3, 0.4) is 0 Å². The fourth-order valence-corrected chi connectivity index (χ4v) is 3.02. The molecule has 2 aromatic rings. The van der Waals surface area contributed by atoms with Crippen molar-refractivity contribution in [1.29, 1.82) is 0 Å². The van der Waals surface area contributed by atoms with Gasteiger partial charge in [-0.3, -0.25) is 4.79 Å². The van der Waals surface area contributed by atoms with Crippen LogP contribution < -0.4 is 14.8 Å². The van der Waals surface area contributed by atoms with Gasteiger partial charge < -0.3 is 19.5 Å². The summed E-state index contributed by atoms with van der Waals surface area (Å²) in [7, 11) is 1.45. The van der Waals surface area contributed by atoms with E-state index in [0.29, 0.717) is 23.8 Å². The van der Waals surface area contributed by atoms with Gasteiger partial charge >= 0.3 is 5.97 Å². The SMILES string of the molecule is CCOc1c(Cl)cc(C(=O)O[C@@H](C)C(=O)Nc2ccccc2C(C)C)cc1OC. The predicted molar refractivity (Wildman–Crippen MR) is 113 cm³/mol. The number of hydrogen-bond acceptors (Lipinski definition) is 5. The summed E-state index contributed by atoms with van der Waals surface area (Å²) in [5.41, 5.74) is 1.86. The summed E-state index contributed by atoms with van der Waals surface area (Å²) >= 11 is 6.20. The van der Waals surface area contributed by atoms with E-state index in [0.717, 1.165) is 5.56 Å². The van der Waals surface area contributed by atoms with Crippen LogP contribution in [0.5, 0.6) is 11.5 Å². The van der Waals surface area contributed by atoms with Crippen molar-refractivity contribution in [2.45, 2.75) is 39.7 Å². The van der Waals surface area contributed by atoms with E-state index in [1.165, 1.54) is 26.2 Å². The summed E-state index contributed by atoms with van der Waals surface area (Å²) in [6, 6.07) is 10.4. The summed E-state index contributed by atoms with van der Waals surface area (Å²) in [5.74, 6) is -0.204. The number of methoxy groups -OCH3 is 1. The minimum atomic E-state index is -1.00. The fourth-order valence-electron chi connectivity index (χ4n) is 2.75. The lowest BCUT2D eigenvalue weighted by molar-refractivity contribution is -0.123. The normalized spacial score (nSPS) is 11.7. The molecule has 0 bridgehead atoms. The molecular formula is C22H26ClNO5. The summed E-state index contributed by atoms with van der Waals surface area (Å²) < 4.78 is 16.0. The minimum absolute atomic E-state index is 0.164. The van der Waals surface area contributed by atoms with Gasteiger partial charge in [0.05, 0.1) is 24.3 Å². The smallest absolute Gasteiger partial charge is 0.339 e. The third kappa shape index (κ3) is 5.64. The molecule has 0 saturated carbocycles. The maximum Gasteiger partial charge on any atom is 0.339 e. The van der Waals surface area contributed by atoms with E-state index in [-0.39, 0.29) is 16.5 Å². The maximum absolute atomic E-state index is 12.5. The van der Waals surface area contributed by atoms with Gasteiger partial charge in [-0.25, -0.2) is 4.79 Å². The lowest BCUT2D eigenvalue weighted by atomic mass is 10.0. The molecule has 0 aliphatic heterocycles. The molecule has 1 amide bonds. The zero-order valence-corrected chi connectivity index (χ0v) is 18.0. The molecule has 0 aromatic heterocycles. The monoisotopic (exact) mass is 419 g/mol. The van der Waals surface area contributed by atoms with E-state index in [1.807, 2.05) is 45.0 Å². The highest BCUT2D eigenvalue weighted by Gasteiger charge is 2.22. The number of benzene rings is 2. The molecule has 0 radical (unpaired) electrons. The number of halogens is 1. The van der Waals surface area contributed by atoms with Crippen LogP contribution in [0.25, 0.3) is 0 Å². The summed E-state index contributed by atoms with van der Waals surface area (Å²) in [6.07, 6.45) is -1.00. The van der Waals surface area contributed by atoms with Crippen LogP contribution >= 0.6 is 11.6 Å². The van der Waals surface area contributed by atoms with Gasteiger partial charge in [-0.2, -0.15) is 0 Å². The number of ether oxygens (including phenoxy) is 3. The first kappa shape index (κ1) is 22.6. The standard InChI is InChI=1S/C22H26ClNO5/c1-6-28-20-17(23)11-15(12-19(20)27-5)22(26)29-14(4)21(25)24-18-10-8-7-9-16(18)13(2)3/h7-14H,6H2,1-5H3,(H,24,25)/t14-/m0/s1. The van der Waals surface area contributed by atoms with Gasteiger partial charge in [0.15, 0.2) is 17.6 Å². The van der Waals surface area contributed by atoms with E-state index >= 15 is 0 Å². The topological polar surface area (TPSA) is 73.9 Å². The van der Waals surface area contributed by atoms with E-state index < -0.39 is 18.0 Å². The van der Waals surface area contributed by atoms with Crippen LogP contribution in [0.4, 0.5) is 5.69 Å². The van der Waals surface area contributed by atoms with Crippen LogP contribution in [0.1, 0.15) is 49.5 Å². The van der Waals surface area contributed by atoms with Gasteiger partial charge in [-0.05, 0) is 43.5 Å². The van der Waals surface area contributed by atoms with Crippen molar-refractivity contribution in [3.63, 3.8) is 0 Å². The molecule has 1 atom stereocenters. The number of nitrogens with one attached hydrogen (secondary N) is 1. The van der Waals surface area contributed by atoms with Crippen LogP contribution in [0.2, 0.25) is 5.02 Å². The molecule has 1 N–H and O–H groups in total. The third-order valence-corrected chi connectivity index (χ3v) is 4.53. The van der Waals surface area contributed by atoms with Crippen LogP contribution in [0.15, 0.2) is 36.4 Å². The second kappa shape index (κ2) is 10.2. The molecule has 0 saturated heterocycles. The Morgan fingerprint density at radius 2 is 1.83 bits per heavy atom. The molecule has 7 heteroatoms. The molecule has 29 heavy (non-hydrogen) atoms. The van der Waals surface area contributed by atoms with Crippen molar-refractivity contribution in [1.82, 2.24) is 0 Å². The zero-order chi connectivity index (χ0) is 21.6. The Kier molecular flexibility index (Phi) is 7.91. The Balaban J connectivity index is 2.12. The molecule has 2 rings (SSSR count). The van der Waals surface area contributed by atoms with Crippen molar-refractivity contribution < 1.29 is 23.8 Å². The number of hydrogen-bond donors (Lipinski definition) is 1. The minimum Gasteiger partial charge on any atom is -0.493 e. The van der Waals surface area contributed by atoms with Crippen molar-refractivity contribution in [2.75, 3.05) is 19.0 Å². The lowest BCUT2D eigenvalue weighted by Crippen LogP contribution is -2.30. The zero-order valence-electron chi connectivity index (χ0n) is 17.2. The van der Waals surface area contributed by atoms with Gasteiger partial charge in [0.2, 0.25) is 0 Å². The van der Waals surface area contributed by atoms with Gasteiger partial charge in [0.25, 0.3) is 5.91 Å². The molecule has 156 valence electrons. The van der Waals surface area contributed by atoms with Crippen LogP contribution in [-0.2, 0) is 9.53 Å². The van der Waals surface area contributed by atoms with Crippen molar-refractivity contribution in [2.24, 2.45) is 0 Å². The number of esters is 1. The number of amides is 1. The first-order valence-electron chi connectivity index (χ1n) is 9.39. The highest BCUT2D eigenvalue weighted by molar-refractivity contribution is 6.32. The number of carbonyl (C=O) groups excluding carboxylic acids is 2. The number of para-hydroxylation sites is 1. The van der Waals surface area contributed by atoms with E-state index in [9.17, 15) is 9.59 Å². The number of carbonyl (C=O) groups is 2. The maximum atomic E-state index is 12.5. The second-order valence-electron chi connectivity index (χ2n) is 6.70. The Hall–Kier alpha value is -2.73. The largest absolute Gasteiger partial charge is 0.493 e. The quantitative estimate of drug-likeness (QED) is 0.605. The lowest BCUT2D eigenvalue weighted by Gasteiger charge is -2.17. The van der Waals surface area contributed by atoms with Gasteiger partial charge in [0.1, 0.15) is 0 Å². The van der Waals surface area contributed by atoms with Crippen LogP contribution in [-0.4, -0.2) is 31.7 Å². The van der Waals surface area contributed by atoms with E-state index in [4.69, 9.17) is 25.8 Å². The third-order valence-electron chi connectivity index (χ3n) is 4.25. The molecule has 0 unspecified atom stereocenters. The summed E-state index contributed by atoms with van der Waals surface area (Å²) in [5, 5.41) is 3.04. The summed E-state index contributed by atoms with van der Waals surface area (Å²) in [6.45, 7) is 7.80. The van der Waals surface area contributed by atoms with Gasteiger partial charge in [-0.15, -0.1) is 0 Å². The Morgan fingerprint density at radius 1 is 1.14 bits per heavy atom. The fraction of sp³-hybridized carbons (Fsp3) is 0.364. The number of rotatable bonds is 8. The first-order valence-corrected chi connectivity index (χ1v) is 9.77. The van der Waals surface area contributed by atoms with Gasteiger partial charge in [-0.1, -0.05) is 43.6 Å². The van der Waals surface area contributed by atoms with Crippen molar-refractivity contribution in [3.8, 4) is 11.5 Å².